The van der Waals surface area contributed by atoms with Gasteiger partial charge in [-0.05, 0) is 25.0 Å². The van der Waals surface area contributed by atoms with Gasteiger partial charge in [0, 0.05) is 36.8 Å². The van der Waals surface area contributed by atoms with Crippen LogP contribution in [0.4, 0.5) is 0 Å². The normalized spacial score (nSPS) is 18.4. The number of hydrogen-bond acceptors (Lipinski definition) is 4. The fourth-order valence-corrected chi connectivity index (χ4v) is 4.16. The van der Waals surface area contributed by atoms with E-state index in [1.165, 1.54) is 10.5 Å². The van der Waals surface area contributed by atoms with E-state index in [0.29, 0.717) is 37.0 Å². The molecule has 3 heterocycles. The average molecular weight is 293 g/mol. The molecule has 2 aromatic heterocycles. The number of pyridine rings is 1. The maximum absolute atomic E-state index is 12.6. The molecule has 0 saturated carbocycles. The van der Waals surface area contributed by atoms with E-state index < -0.39 is 10.0 Å². The molecule has 0 amide bonds. The molecule has 1 aliphatic rings. The first-order valence-corrected chi connectivity index (χ1v) is 7.94. The van der Waals surface area contributed by atoms with Crippen LogP contribution >= 0.6 is 0 Å². The molecule has 0 atom stereocenters. The number of piperidine rings is 1. The van der Waals surface area contributed by atoms with Crippen LogP contribution in [0.3, 0.4) is 0 Å². The fraction of sp³-hybridized carbons (Fsp3) is 0.385. The topological polar surface area (TPSA) is 83.1 Å². The lowest BCUT2D eigenvalue weighted by molar-refractivity contribution is -0.112. The molecular weight excluding hydrogens is 278 g/mol. The van der Waals surface area contributed by atoms with Crippen LogP contribution in [0.2, 0.25) is 0 Å². The summed E-state index contributed by atoms with van der Waals surface area (Å²) in [6.45, 7) is 0.775. The SMILES string of the molecule is O=CC1CCN(S(=O)(=O)c2c[nH]c3ncccc23)CC1. The van der Waals surface area contributed by atoms with Gasteiger partial charge in [-0.3, -0.25) is 0 Å². The Morgan fingerprint density at radius 1 is 1.35 bits per heavy atom. The summed E-state index contributed by atoms with van der Waals surface area (Å²) in [5, 5.41) is 0.602. The zero-order valence-corrected chi connectivity index (χ0v) is 11.6. The largest absolute Gasteiger partial charge is 0.345 e. The van der Waals surface area contributed by atoms with E-state index in [1.54, 1.807) is 18.3 Å². The fourth-order valence-electron chi connectivity index (χ4n) is 2.54. The zero-order valence-electron chi connectivity index (χ0n) is 10.8. The molecule has 1 saturated heterocycles. The number of sulfonamides is 1. The summed E-state index contributed by atoms with van der Waals surface area (Å²) < 4.78 is 26.7. The summed E-state index contributed by atoms with van der Waals surface area (Å²) in [6, 6.07) is 3.46. The monoisotopic (exact) mass is 293 g/mol. The Bertz CT molecular complexity index is 730. The second kappa shape index (κ2) is 4.99. The van der Waals surface area contributed by atoms with Crippen LogP contribution in [0.25, 0.3) is 11.0 Å². The van der Waals surface area contributed by atoms with Crippen molar-refractivity contribution in [2.75, 3.05) is 13.1 Å². The lowest BCUT2D eigenvalue weighted by atomic mass is 10.0. The van der Waals surface area contributed by atoms with Gasteiger partial charge in [0.05, 0.1) is 0 Å². The van der Waals surface area contributed by atoms with Crippen LogP contribution in [-0.2, 0) is 14.8 Å². The molecule has 3 rings (SSSR count). The minimum atomic E-state index is -3.53. The highest BCUT2D eigenvalue weighted by molar-refractivity contribution is 7.89. The highest BCUT2D eigenvalue weighted by Crippen LogP contribution is 2.27. The number of H-pyrrole nitrogens is 1. The Labute approximate surface area is 116 Å². The third-order valence-corrected chi connectivity index (χ3v) is 5.66. The number of carbonyl (C=O) groups is 1. The average Bonchev–Trinajstić information content (AvgIpc) is 2.92. The highest BCUT2D eigenvalue weighted by Gasteiger charge is 2.31. The number of aldehydes is 1. The number of nitrogens with zero attached hydrogens (tertiary/aromatic N) is 2. The quantitative estimate of drug-likeness (QED) is 0.861. The summed E-state index contributed by atoms with van der Waals surface area (Å²) in [4.78, 5) is 18.0. The second-order valence-corrected chi connectivity index (χ2v) is 6.84. The first-order valence-electron chi connectivity index (χ1n) is 6.50. The van der Waals surface area contributed by atoms with Crippen LogP contribution < -0.4 is 0 Å². The predicted octanol–water partition coefficient (Wildman–Crippen LogP) is 1.16. The first-order chi connectivity index (χ1) is 9.63. The molecule has 0 radical (unpaired) electrons. The lowest BCUT2D eigenvalue weighted by Gasteiger charge is -2.28. The molecule has 0 unspecified atom stereocenters. The number of fused-ring (bicyclic) bond motifs is 1. The van der Waals surface area contributed by atoms with E-state index in [1.807, 2.05) is 0 Å². The summed E-state index contributed by atoms with van der Waals surface area (Å²) in [7, 11) is -3.53. The number of hydrogen-bond donors (Lipinski definition) is 1. The molecular formula is C13H15N3O3S. The van der Waals surface area contributed by atoms with Crippen molar-refractivity contribution < 1.29 is 13.2 Å². The van der Waals surface area contributed by atoms with Gasteiger partial charge in [0.1, 0.15) is 16.8 Å². The van der Waals surface area contributed by atoms with Gasteiger partial charge in [-0.25, -0.2) is 13.4 Å². The van der Waals surface area contributed by atoms with E-state index in [-0.39, 0.29) is 10.8 Å². The van der Waals surface area contributed by atoms with Crippen molar-refractivity contribution >= 4 is 27.3 Å². The molecule has 1 fully saturated rings. The van der Waals surface area contributed by atoms with Crippen LogP contribution in [0, 0.1) is 5.92 Å². The Hall–Kier alpha value is -1.73. The van der Waals surface area contributed by atoms with Crippen molar-refractivity contribution in [1.29, 1.82) is 0 Å². The number of aromatic nitrogens is 2. The van der Waals surface area contributed by atoms with Gasteiger partial charge >= 0.3 is 0 Å². The highest BCUT2D eigenvalue weighted by atomic mass is 32.2. The minimum absolute atomic E-state index is 0.0221. The van der Waals surface area contributed by atoms with Gasteiger partial charge < -0.3 is 9.78 Å². The Morgan fingerprint density at radius 3 is 2.80 bits per heavy atom. The van der Waals surface area contributed by atoms with Crippen molar-refractivity contribution in [1.82, 2.24) is 14.3 Å². The van der Waals surface area contributed by atoms with Crippen LogP contribution in [0.5, 0.6) is 0 Å². The molecule has 2 aromatic rings. The molecule has 0 spiro atoms. The van der Waals surface area contributed by atoms with Crippen LogP contribution in [-0.4, -0.2) is 42.1 Å². The van der Waals surface area contributed by atoms with Crippen molar-refractivity contribution in [3.05, 3.63) is 24.5 Å². The molecule has 6 nitrogen and oxygen atoms in total. The van der Waals surface area contributed by atoms with Gasteiger partial charge in [0.2, 0.25) is 10.0 Å². The predicted molar refractivity (Wildman–Crippen MR) is 73.6 cm³/mol. The second-order valence-electron chi connectivity index (χ2n) is 4.93. The maximum Gasteiger partial charge on any atom is 0.245 e. The molecule has 106 valence electrons. The summed E-state index contributed by atoms with van der Waals surface area (Å²) >= 11 is 0. The van der Waals surface area contributed by atoms with Crippen LogP contribution in [0.1, 0.15) is 12.8 Å². The molecule has 0 bridgehead atoms. The standard InChI is InChI=1S/C13H15N3O3S/c17-9-10-3-6-16(7-4-10)20(18,19)12-8-15-13-11(12)2-1-5-14-13/h1-2,5,8-10H,3-4,6-7H2,(H,14,15). The van der Waals surface area contributed by atoms with Gasteiger partial charge in [-0.1, -0.05) is 0 Å². The van der Waals surface area contributed by atoms with E-state index in [9.17, 15) is 13.2 Å². The maximum atomic E-state index is 12.6. The minimum Gasteiger partial charge on any atom is -0.345 e. The molecule has 1 aliphatic heterocycles. The number of nitrogens with one attached hydrogen (secondary N) is 1. The van der Waals surface area contributed by atoms with Crippen molar-refractivity contribution in [3.63, 3.8) is 0 Å². The molecule has 20 heavy (non-hydrogen) atoms. The van der Waals surface area contributed by atoms with Crippen molar-refractivity contribution in [2.45, 2.75) is 17.7 Å². The first kappa shape index (κ1) is 13.3. The van der Waals surface area contributed by atoms with Crippen molar-refractivity contribution in [3.8, 4) is 0 Å². The van der Waals surface area contributed by atoms with Gasteiger partial charge in [-0.15, -0.1) is 0 Å². The third-order valence-electron chi connectivity index (χ3n) is 3.72. The summed E-state index contributed by atoms with van der Waals surface area (Å²) in [5.41, 5.74) is 0.564. The van der Waals surface area contributed by atoms with Gasteiger partial charge in [-0.2, -0.15) is 4.31 Å². The number of carbonyl (C=O) groups excluding carboxylic acids is 1. The smallest absolute Gasteiger partial charge is 0.245 e. The lowest BCUT2D eigenvalue weighted by Crippen LogP contribution is -2.38. The molecule has 0 aromatic carbocycles. The Kier molecular flexibility index (Phi) is 3.31. The van der Waals surface area contributed by atoms with Crippen LogP contribution in [0.15, 0.2) is 29.4 Å². The van der Waals surface area contributed by atoms with E-state index in [0.717, 1.165) is 6.29 Å². The summed E-state index contributed by atoms with van der Waals surface area (Å²) in [5.74, 6) is -0.0221. The van der Waals surface area contributed by atoms with E-state index in [4.69, 9.17) is 0 Å². The van der Waals surface area contributed by atoms with E-state index in [2.05, 4.69) is 9.97 Å². The number of aromatic amines is 1. The van der Waals surface area contributed by atoms with Gasteiger partial charge in [0.15, 0.2) is 0 Å². The molecule has 1 N–H and O–H groups in total. The third kappa shape index (κ3) is 2.12. The summed E-state index contributed by atoms with van der Waals surface area (Å²) in [6.07, 6.45) is 5.19. The number of rotatable bonds is 3. The Balaban J connectivity index is 1.94. The zero-order chi connectivity index (χ0) is 14.2. The van der Waals surface area contributed by atoms with E-state index >= 15 is 0 Å². The Morgan fingerprint density at radius 2 is 2.10 bits per heavy atom. The van der Waals surface area contributed by atoms with Crippen molar-refractivity contribution in [2.24, 2.45) is 5.92 Å². The van der Waals surface area contributed by atoms with Gasteiger partial charge in [0.25, 0.3) is 0 Å². The molecule has 7 heteroatoms. The molecule has 0 aliphatic carbocycles.